The van der Waals surface area contributed by atoms with E-state index in [1.165, 1.54) is 17.4 Å². The Labute approximate surface area is 181 Å². The van der Waals surface area contributed by atoms with Crippen molar-refractivity contribution >= 4 is 39.2 Å². The molecule has 0 saturated carbocycles. The molecule has 0 unspecified atom stereocenters. The molecule has 4 rings (SSSR count). The molecule has 0 bridgehead atoms. The van der Waals surface area contributed by atoms with E-state index in [1.807, 2.05) is 18.2 Å². The highest BCUT2D eigenvalue weighted by Gasteiger charge is 2.17. The molecule has 0 aliphatic heterocycles. The van der Waals surface area contributed by atoms with Gasteiger partial charge in [0.2, 0.25) is 5.91 Å². The molecule has 0 radical (unpaired) electrons. The van der Waals surface area contributed by atoms with E-state index in [1.54, 1.807) is 37.4 Å². The summed E-state index contributed by atoms with van der Waals surface area (Å²) in [4.78, 5) is 26.1. The zero-order valence-electron chi connectivity index (χ0n) is 16.6. The molecule has 7 nitrogen and oxygen atoms in total. The van der Waals surface area contributed by atoms with Gasteiger partial charge < -0.3 is 15.4 Å². The molecule has 0 aliphatic rings. The standard InChI is InChI=1S/C22H19FN4O3S/c1-30-17-9-5-3-6-13(17)10-19(28)25-20-15-11-18(31-22(15)27-26-20)21(29)24-12-14-7-2-4-8-16(14)23/h2-9,11H,10,12H2,1H3,(H,24,29)(H2,25,26,27,28). The Morgan fingerprint density at radius 2 is 1.87 bits per heavy atom. The van der Waals surface area contributed by atoms with Crippen LogP contribution < -0.4 is 15.4 Å². The summed E-state index contributed by atoms with van der Waals surface area (Å²) in [5, 5.41) is 13.1. The molecule has 0 fully saturated rings. The molecule has 0 spiro atoms. The van der Waals surface area contributed by atoms with E-state index < -0.39 is 0 Å². The van der Waals surface area contributed by atoms with Crippen LogP contribution in [-0.4, -0.2) is 29.1 Å². The van der Waals surface area contributed by atoms with Gasteiger partial charge in [0.1, 0.15) is 16.4 Å². The van der Waals surface area contributed by atoms with Crippen LogP contribution in [0.3, 0.4) is 0 Å². The number of halogens is 1. The van der Waals surface area contributed by atoms with Gasteiger partial charge in [0.05, 0.1) is 23.8 Å². The lowest BCUT2D eigenvalue weighted by Crippen LogP contribution is -2.22. The number of rotatable bonds is 7. The molecule has 158 valence electrons. The molecule has 2 amide bonds. The minimum Gasteiger partial charge on any atom is -0.496 e. The molecule has 31 heavy (non-hydrogen) atoms. The average Bonchev–Trinajstić information content (AvgIpc) is 3.35. The summed E-state index contributed by atoms with van der Waals surface area (Å²) >= 11 is 1.21. The number of nitrogens with one attached hydrogen (secondary N) is 3. The van der Waals surface area contributed by atoms with Crippen LogP contribution >= 0.6 is 11.3 Å². The molecular weight excluding hydrogens is 419 g/mol. The molecule has 2 aromatic carbocycles. The largest absolute Gasteiger partial charge is 0.496 e. The Hall–Kier alpha value is -3.72. The smallest absolute Gasteiger partial charge is 0.261 e. The molecule has 4 aromatic rings. The lowest BCUT2D eigenvalue weighted by atomic mass is 10.1. The number of methoxy groups -OCH3 is 1. The molecule has 0 aliphatic carbocycles. The van der Waals surface area contributed by atoms with Crippen LogP contribution in [0.5, 0.6) is 5.75 Å². The third-order valence-corrected chi connectivity index (χ3v) is 5.72. The fourth-order valence-corrected chi connectivity index (χ4v) is 4.05. The number of benzene rings is 2. The highest BCUT2D eigenvalue weighted by Crippen LogP contribution is 2.29. The Morgan fingerprint density at radius 3 is 2.65 bits per heavy atom. The third kappa shape index (κ3) is 4.56. The lowest BCUT2D eigenvalue weighted by molar-refractivity contribution is -0.115. The monoisotopic (exact) mass is 438 g/mol. The second-order valence-electron chi connectivity index (χ2n) is 6.74. The van der Waals surface area contributed by atoms with Gasteiger partial charge in [0.15, 0.2) is 5.82 Å². The number of fused-ring (bicyclic) bond motifs is 1. The van der Waals surface area contributed by atoms with Crippen molar-refractivity contribution in [2.75, 3.05) is 12.4 Å². The molecule has 9 heteroatoms. The highest BCUT2D eigenvalue weighted by molar-refractivity contribution is 7.20. The SMILES string of the molecule is COc1ccccc1CC(=O)Nc1n[nH]c2sc(C(=O)NCc3ccccc3F)cc12. The van der Waals surface area contributed by atoms with E-state index in [0.717, 1.165) is 5.56 Å². The summed E-state index contributed by atoms with van der Waals surface area (Å²) in [7, 11) is 1.55. The van der Waals surface area contributed by atoms with E-state index in [9.17, 15) is 14.0 Å². The predicted molar refractivity (Wildman–Crippen MR) is 117 cm³/mol. The third-order valence-electron chi connectivity index (χ3n) is 4.68. The topological polar surface area (TPSA) is 96.1 Å². The summed E-state index contributed by atoms with van der Waals surface area (Å²) < 4.78 is 19.0. The second kappa shape index (κ2) is 8.97. The van der Waals surface area contributed by atoms with E-state index in [0.29, 0.717) is 32.2 Å². The number of anilines is 1. The van der Waals surface area contributed by atoms with Crippen LogP contribution in [-0.2, 0) is 17.8 Å². The number of thiophene rings is 1. The minimum absolute atomic E-state index is 0.0814. The maximum absolute atomic E-state index is 13.7. The number of aromatic nitrogens is 2. The van der Waals surface area contributed by atoms with Crippen LogP contribution in [0.2, 0.25) is 0 Å². The number of carbonyl (C=O) groups excluding carboxylic acids is 2. The molecule has 0 atom stereocenters. The predicted octanol–water partition coefficient (Wildman–Crippen LogP) is 3.88. The van der Waals surface area contributed by atoms with Crippen molar-refractivity contribution in [1.29, 1.82) is 0 Å². The zero-order chi connectivity index (χ0) is 21.8. The van der Waals surface area contributed by atoms with Crippen molar-refractivity contribution in [3.8, 4) is 5.75 Å². The van der Waals surface area contributed by atoms with Crippen LogP contribution in [0.15, 0.2) is 54.6 Å². The van der Waals surface area contributed by atoms with Crippen molar-refractivity contribution in [2.24, 2.45) is 0 Å². The zero-order valence-corrected chi connectivity index (χ0v) is 17.4. The summed E-state index contributed by atoms with van der Waals surface area (Å²) in [6, 6.07) is 15.2. The lowest BCUT2D eigenvalue weighted by Gasteiger charge is -2.07. The van der Waals surface area contributed by atoms with E-state index >= 15 is 0 Å². The highest BCUT2D eigenvalue weighted by atomic mass is 32.1. The van der Waals surface area contributed by atoms with E-state index in [-0.39, 0.29) is 30.6 Å². The van der Waals surface area contributed by atoms with Gasteiger partial charge in [-0.15, -0.1) is 11.3 Å². The van der Waals surface area contributed by atoms with Crippen LogP contribution in [0.25, 0.3) is 10.2 Å². The van der Waals surface area contributed by atoms with Gasteiger partial charge >= 0.3 is 0 Å². The summed E-state index contributed by atoms with van der Waals surface area (Å²) in [6.45, 7) is 0.0814. The first-order chi connectivity index (χ1) is 15.0. The van der Waals surface area contributed by atoms with Gasteiger partial charge in [0.25, 0.3) is 5.91 Å². The number of hydrogen-bond acceptors (Lipinski definition) is 5. The Bertz CT molecular complexity index is 1250. The summed E-state index contributed by atoms with van der Waals surface area (Å²) in [6.07, 6.45) is 0.123. The van der Waals surface area contributed by atoms with Gasteiger partial charge in [-0.3, -0.25) is 14.7 Å². The Morgan fingerprint density at radius 1 is 1.13 bits per heavy atom. The number of carbonyl (C=O) groups is 2. The summed E-state index contributed by atoms with van der Waals surface area (Å²) in [5.41, 5.74) is 1.16. The number of hydrogen-bond donors (Lipinski definition) is 3. The maximum atomic E-state index is 13.7. The van der Waals surface area contributed by atoms with Crippen molar-refractivity contribution in [1.82, 2.24) is 15.5 Å². The van der Waals surface area contributed by atoms with Gasteiger partial charge in [0, 0.05) is 17.7 Å². The fourth-order valence-electron chi connectivity index (χ4n) is 3.13. The number of aromatic amines is 1. The van der Waals surface area contributed by atoms with Crippen molar-refractivity contribution in [2.45, 2.75) is 13.0 Å². The Balaban J connectivity index is 1.44. The molecule has 3 N–H and O–H groups in total. The minimum atomic E-state index is -0.370. The Kier molecular flexibility index (Phi) is 5.94. The van der Waals surface area contributed by atoms with Crippen molar-refractivity contribution < 1.29 is 18.7 Å². The van der Waals surface area contributed by atoms with Gasteiger partial charge in [-0.1, -0.05) is 36.4 Å². The van der Waals surface area contributed by atoms with Gasteiger partial charge in [-0.2, -0.15) is 5.10 Å². The first-order valence-electron chi connectivity index (χ1n) is 9.46. The van der Waals surface area contributed by atoms with Gasteiger partial charge in [-0.05, 0) is 18.2 Å². The quantitative estimate of drug-likeness (QED) is 0.408. The first-order valence-corrected chi connectivity index (χ1v) is 10.3. The fraction of sp³-hybridized carbons (Fsp3) is 0.136. The molecule has 2 heterocycles. The molecular formula is C22H19FN4O3S. The summed E-state index contributed by atoms with van der Waals surface area (Å²) in [5.74, 6) is 0.0256. The number of para-hydroxylation sites is 1. The normalized spacial score (nSPS) is 10.8. The molecule has 0 saturated heterocycles. The number of nitrogens with zero attached hydrogens (tertiary/aromatic N) is 1. The van der Waals surface area contributed by atoms with Crippen molar-refractivity contribution in [3.63, 3.8) is 0 Å². The first kappa shape index (κ1) is 20.5. The van der Waals surface area contributed by atoms with Crippen LogP contribution in [0.1, 0.15) is 20.8 Å². The van der Waals surface area contributed by atoms with E-state index in [4.69, 9.17) is 4.74 Å². The van der Waals surface area contributed by atoms with Gasteiger partial charge in [-0.25, -0.2) is 4.39 Å². The van der Waals surface area contributed by atoms with Crippen LogP contribution in [0, 0.1) is 5.82 Å². The van der Waals surface area contributed by atoms with E-state index in [2.05, 4.69) is 20.8 Å². The second-order valence-corrected chi connectivity index (χ2v) is 7.79. The average molecular weight is 438 g/mol. The number of ether oxygens (including phenoxy) is 1. The van der Waals surface area contributed by atoms with Crippen LogP contribution in [0.4, 0.5) is 10.2 Å². The maximum Gasteiger partial charge on any atom is 0.261 e. The van der Waals surface area contributed by atoms with Crippen molar-refractivity contribution in [3.05, 3.63) is 76.4 Å². The number of H-pyrrole nitrogens is 1. The molecule has 2 aromatic heterocycles. The number of amides is 2.